The van der Waals surface area contributed by atoms with Crippen molar-refractivity contribution < 1.29 is 92.7 Å². The van der Waals surface area contributed by atoms with Gasteiger partial charge in [0, 0.05) is 32.4 Å². The molecule has 33 nitrogen and oxygen atoms in total. The second-order valence-electron chi connectivity index (χ2n) is 21.3. The number of hydrogen-bond acceptors (Lipinski definition) is 18. The summed E-state index contributed by atoms with van der Waals surface area (Å²) in [4.78, 5) is 190. The lowest BCUT2D eigenvalue weighted by molar-refractivity contribution is -0.144. The molecule has 1 aromatic carbocycles. The Kier molecular flexibility index (Phi) is 32.2. The minimum Gasteiger partial charge on any atom is -0.508 e. The van der Waals surface area contributed by atoms with E-state index in [4.69, 9.17) is 28.0 Å². The molecule has 11 atom stereocenters. The number of guanidine groups is 1. The number of nitrogens with zero attached hydrogens (tertiary/aromatic N) is 2. The summed E-state index contributed by atoms with van der Waals surface area (Å²) in [6.45, 7) is 6.12. The lowest BCUT2D eigenvalue weighted by atomic mass is 9.96. The number of carboxylic acids is 4. The van der Waals surface area contributed by atoms with Crippen LogP contribution in [0.25, 0.3) is 0 Å². The van der Waals surface area contributed by atoms with Crippen LogP contribution in [0.4, 0.5) is 0 Å². The number of aromatic hydroxyl groups is 1. The van der Waals surface area contributed by atoms with Gasteiger partial charge in [-0.1, -0.05) is 46.2 Å². The topological polar surface area (TPSA) is 556 Å². The number of carboxylic acid groups (broad SMARTS) is 4. The van der Waals surface area contributed by atoms with Crippen molar-refractivity contribution in [2.75, 3.05) is 25.1 Å². The fourth-order valence-electron chi connectivity index (χ4n) is 8.92. The monoisotopic (exact) mass is 1260 g/mol. The number of phenolic OH excluding ortho intramolecular Hbond substituents is 1. The standard InChI is InChI=1S/C54H84N14O19S/c1-6-27(4)43(67-48(81)36(25-41(75)76)64-47(80)35(24-40(73)74)63-44(77)30(55)19-22-88-5)51(84)65-34(23-28-11-13-29(69)14-12-28)46(79)60-31(15-17-38(56)70)45(78)61-32(9-7-20-59-54(57)58)52(85)68-21-8-10-37(68)49(82)66-42(26(2)3)50(83)62-33(53(86)87)16-18-39(71)72/h11-14,26-27,30-37,42-43,69H,6-10,15-25,55H2,1-5H3,(H2,56,70)(H,60,79)(H,61,78)(H,62,83)(H,63,77)(H,64,80)(H,65,84)(H,66,82)(H,67,81)(H,71,72)(H,73,74)(H,75,76)(H,86,87)(H4,57,58,59)/t27-,30-,31-,32-,33-,34-,35-,36-,37-,42-,43-/m0/s1. The van der Waals surface area contributed by atoms with Crippen molar-refractivity contribution >= 4 is 101 Å². The van der Waals surface area contributed by atoms with Crippen molar-refractivity contribution in [3.63, 3.8) is 0 Å². The Balaban J connectivity index is 2.58. The van der Waals surface area contributed by atoms with Gasteiger partial charge in [-0.05, 0) is 86.5 Å². The highest BCUT2D eigenvalue weighted by atomic mass is 32.2. The van der Waals surface area contributed by atoms with Gasteiger partial charge in [-0.25, -0.2) is 4.79 Å². The van der Waals surface area contributed by atoms with Gasteiger partial charge in [-0.15, -0.1) is 0 Å². The molecule has 0 bridgehead atoms. The summed E-state index contributed by atoms with van der Waals surface area (Å²) >= 11 is 1.37. The molecule has 1 aliphatic rings. The van der Waals surface area contributed by atoms with Crippen LogP contribution < -0.4 is 65.5 Å². The number of thioether (sulfide) groups is 1. The van der Waals surface area contributed by atoms with Gasteiger partial charge in [0.05, 0.1) is 18.9 Å². The largest absolute Gasteiger partial charge is 0.508 e. The van der Waals surface area contributed by atoms with E-state index in [1.165, 1.54) is 43.0 Å². The maximum Gasteiger partial charge on any atom is 0.326 e. The highest BCUT2D eigenvalue weighted by Crippen LogP contribution is 2.22. The van der Waals surface area contributed by atoms with E-state index in [1.807, 2.05) is 0 Å². The Morgan fingerprint density at radius 2 is 1.12 bits per heavy atom. The molecule has 1 fully saturated rings. The second-order valence-corrected chi connectivity index (χ2v) is 22.3. The molecular formula is C54H84N14O19S. The van der Waals surface area contributed by atoms with E-state index >= 15 is 0 Å². The number of phenols is 1. The van der Waals surface area contributed by atoms with Gasteiger partial charge in [0.2, 0.25) is 59.1 Å². The minimum absolute atomic E-state index is 0.0368. The Labute approximate surface area is 511 Å². The Hall–Kier alpha value is -8.82. The quantitative estimate of drug-likeness (QED) is 0.0168. The maximum atomic E-state index is 14.6. The minimum atomic E-state index is -1.99. The fourth-order valence-corrected chi connectivity index (χ4v) is 9.41. The molecule has 490 valence electrons. The van der Waals surface area contributed by atoms with Crippen molar-refractivity contribution in [3.8, 4) is 5.75 Å². The lowest BCUT2D eigenvalue weighted by Crippen LogP contribution is -2.61. The highest BCUT2D eigenvalue weighted by Gasteiger charge is 2.41. The van der Waals surface area contributed by atoms with Crippen LogP contribution in [0.1, 0.15) is 110 Å². The summed E-state index contributed by atoms with van der Waals surface area (Å²) in [5, 5.41) is 67.3. The smallest absolute Gasteiger partial charge is 0.326 e. The summed E-state index contributed by atoms with van der Waals surface area (Å²) in [6, 6.07) is -10.4. The molecule has 1 aliphatic heterocycles. The number of aliphatic imine (C=N–C) groups is 1. The molecule has 1 saturated heterocycles. The van der Waals surface area contributed by atoms with Crippen molar-refractivity contribution in [1.29, 1.82) is 0 Å². The molecule has 1 heterocycles. The van der Waals surface area contributed by atoms with Crippen LogP contribution in [0.2, 0.25) is 0 Å². The van der Waals surface area contributed by atoms with E-state index < -0.39 is 194 Å². The average molecular weight is 1270 g/mol. The third-order valence-electron chi connectivity index (χ3n) is 14.0. The van der Waals surface area contributed by atoms with E-state index in [9.17, 15) is 87.5 Å². The van der Waals surface area contributed by atoms with Crippen molar-refractivity contribution in [1.82, 2.24) is 47.4 Å². The van der Waals surface area contributed by atoms with Crippen LogP contribution in [0.5, 0.6) is 5.75 Å². The first-order valence-electron chi connectivity index (χ1n) is 28.3. The zero-order valence-electron chi connectivity index (χ0n) is 49.6. The summed E-state index contributed by atoms with van der Waals surface area (Å²) in [6.07, 6.45) is -2.38. The number of rotatable bonds is 40. The predicted molar refractivity (Wildman–Crippen MR) is 315 cm³/mol. The Morgan fingerprint density at radius 1 is 0.614 bits per heavy atom. The van der Waals surface area contributed by atoms with Gasteiger partial charge in [-0.2, -0.15) is 11.8 Å². The highest BCUT2D eigenvalue weighted by molar-refractivity contribution is 7.98. The van der Waals surface area contributed by atoms with Gasteiger partial charge in [0.25, 0.3) is 0 Å². The molecule has 0 aromatic heterocycles. The predicted octanol–water partition coefficient (Wildman–Crippen LogP) is -4.20. The Bertz CT molecular complexity index is 2680. The zero-order chi connectivity index (χ0) is 66.5. The van der Waals surface area contributed by atoms with Crippen molar-refractivity contribution in [3.05, 3.63) is 29.8 Å². The van der Waals surface area contributed by atoms with E-state index in [0.29, 0.717) is 11.3 Å². The molecule has 10 amide bonds. The lowest BCUT2D eigenvalue weighted by Gasteiger charge is -2.32. The summed E-state index contributed by atoms with van der Waals surface area (Å²) in [5.74, 6) is -17.7. The summed E-state index contributed by atoms with van der Waals surface area (Å²) in [5.41, 5.74) is 22.7. The fraction of sp³-hybridized carbons (Fsp3) is 0.611. The number of hydrogen-bond donors (Lipinski definition) is 17. The molecule has 2 rings (SSSR count). The average Bonchev–Trinajstić information content (AvgIpc) is 4.18. The maximum absolute atomic E-state index is 14.6. The number of aliphatic carboxylic acids is 4. The van der Waals surface area contributed by atoms with Gasteiger partial charge >= 0.3 is 23.9 Å². The van der Waals surface area contributed by atoms with Gasteiger partial charge in [-0.3, -0.25) is 67.3 Å². The molecule has 0 radical (unpaired) electrons. The first-order valence-corrected chi connectivity index (χ1v) is 29.7. The van der Waals surface area contributed by atoms with Crippen LogP contribution in [0.15, 0.2) is 29.3 Å². The van der Waals surface area contributed by atoms with Crippen LogP contribution in [-0.2, 0) is 73.5 Å². The third-order valence-corrected chi connectivity index (χ3v) is 14.7. The number of nitrogens with two attached hydrogens (primary N) is 4. The molecule has 21 N–H and O–H groups in total. The van der Waals surface area contributed by atoms with Crippen LogP contribution in [0, 0.1) is 11.8 Å². The molecule has 34 heteroatoms. The van der Waals surface area contributed by atoms with Crippen LogP contribution >= 0.6 is 11.8 Å². The normalized spacial score (nSPS) is 16.2. The molecule has 0 aliphatic carbocycles. The van der Waals surface area contributed by atoms with E-state index in [-0.39, 0.29) is 69.7 Å². The van der Waals surface area contributed by atoms with Crippen molar-refractivity contribution in [2.45, 2.75) is 172 Å². The van der Waals surface area contributed by atoms with Crippen LogP contribution in [0.3, 0.4) is 0 Å². The van der Waals surface area contributed by atoms with Gasteiger partial charge in [0.15, 0.2) is 5.96 Å². The molecule has 0 saturated carbocycles. The molecule has 0 spiro atoms. The van der Waals surface area contributed by atoms with E-state index in [2.05, 4.69) is 47.5 Å². The number of carbonyl (C=O) groups is 14. The third kappa shape index (κ3) is 26.4. The first kappa shape index (κ1) is 75.3. The van der Waals surface area contributed by atoms with Gasteiger partial charge < -0.3 is 95.9 Å². The van der Waals surface area contributed by atoms with Gasteiger partial charge in [0.1, 0.15) is 60.1 Å². The summed E-state index contributed by atoms with van der Waals surface area (Å²) < 4.78 is 0. The Morgan fingerprint density at radius 3 is 1.66 bits per heavy atom. The number of likely N-dealkylation sites (tertiary alicyclic amines) is 1. The second kappa shape index (κ2) is 37.7. The molecular weight excluding hydrogens is 1180 g/mol. The molecule has 0 unspecified atom stereocenters. The van der Waals surface area contributed by atoms with Crippen molar-refractivity contribution in [2.24, 2.45) is 39.8 Å². The SMILES string of the molecule is CC[C@H](C)[C@H](NC(=O)[C@H](CC(=O)O)NC(=O)[C@H](CC(=O)O)NC(=O)[C@@H](N)CCSC)C(=O)N[C@@H](Cc1ccc(O)cc1)C(=O)N[C@@H](CCC(N)=O)C(=O)N[C@@H](CCCN=C(N)N)C(=O)N1CCC[C@H]1C(=O)N[C@H](C(=O)N[C@@H](CCC(=O)O)C(=O)O)C(C)C. The number of benzene rings is 1. The molecule has 88 heavy (non-hydrogen) atoms. The molecule has 1 aromatic rings. The summed E-state index contributed by atoms with van der Waals surface area (Å²) in [7, 11) is 0. The zero-order valence-corrected chi connectivity index (χ0v) is 50.4. The number of amides is 10. The van der Waals surface area contributed by atoms with E-state index in [0.717, 1.165) is 4.90 Å². The number of nitrogens with one attached hydrogen (secondary N) is 8. The van der Waals surface area contributed by atoms with E-state index in [1.54, 1.807) is 27.0 Å². The first-order chi connectivity index (χ1) is 41.3. The number of carbonyl (C=O) groups excluding carboxylic acids is 10. The van der Waals surface area contributed by atoms with Crippen LogP contribution in [-0.4, -0.2) is 205 Å². The number of primary amides is 1.